The maximum absolute atomic E-state index is 13.0. The van der Waals surface area contributed by atoms with Gasteiger partial charge in [0, 0.05) is 12.1 Å². The van der Waals surface area contributed by atoms with Crippen molar-refractivity contribution in [2.75, 3.05) is 0 Å². The van der Waals surface area contributed by atoms with Crippen LogP contribution in [0.5, 0.6) is 5.75 Å². The number of nitro benzene ring substituents is 1. The molecule has 0 aliphatic heterocycles. The fourth-order valence-corrected chi connectivity index (χ4v) is 3.95. The quantitative estimate of drug-likeness (QED) is 0.189. The van der Waals surface area contributed by atoms with Crippen molar-refractivity contribution in [1.29, 1.82) is 0 Å². The van der Waals surface area contributed by atoms with Gasteiger partial charge in [0.25, 0.3) is 5.69 Å². The van der Waals surface area contributed by atoms with Crippen LogP contribution in [0, 0.1) is 15.9 Å². The Morgan fingerprint density at radius 2 is 1.70 bits per heavy atom. The fraction of sp³-hybridized carbons (Fsp3) is 0.0952. The summed E-state index contributed by atoms with van der Waals surface area (Å²) in [6, 6.07) is 15.9. The van der Waals surface area contributed by atoms with Crippen molar-refractivity contribution in [2.45, 2.75) is 13.2 Å². The molecule has 30 heavy (non-hydrogen) atoms. The van der Waals surface area contributed by atoms with Crippen molar-refractivity contribution < 1.29 is 18.9 Å². The van der Waals surface area contributed by atoms with Crippen LogP contribution in [0.4, 0.5) is 10.1 Å². The van der Waals surface area contributed by atoms with Gasteiger partial charge in [-0.1, -0.05) is 29.4 Å². The molecule has 0 spiro atoms. The first kappa shape index (κ1) is 21.9. The summed E-state index contributed by atoms with van der Waals surface area (Å²) in [5, 5.41) is 14.7. The lowest BCUT2D eigenvalue weighted by atomic mass is 10.2. The highest BCUT2D eigenvalue weighted by molar-refractivity contribution is 9.11. The van der Waals surface area contributed by atoms with Crippen molar-refractivity contribution in [3.63, 3.8) is 0 Å². The van der Waals surface area contributed by atoms with Crippen LogP contribution in [0.3, 0.4) is 0 Å². The van der Waals surface area contributed by atoms with Crippen LogP contribution in [-0.2, 0) is 18.1 Å². The van der Waals surface area contributed by atoms with Crippen LogP contribution in [0.2, 0.25) is 0 Å². The summed E-state index contributed by atoms with van der Waals surface area (Å²) >= 11 is 6.94. The van der Waals surface area contributed by atoms with Gasteiger partial charge in [-0.05, 0) is 72.8 Å². The lowest BCUT2D eigenvalue weighted by molar-refractivity contribution is -0.384. The molecule has 3 aromatic rings. The summed E-state index contributed by atoms with van der Waals surface area (Å²) in [7, 11) is 0. The number of oxime groups is 1. The molecule has 3 aromatic carbocycles. The number of ether oxygens (including phenoxy) is 1. The predicted octanol–water partition coefficient (Wildman–Crippen LogP) is 6.39. The normalized spacial score (nSPS) is 10.9. The number of hydrogen-bond donors (Lipinski definition) is 0. The Labute approximate surface area is 188 Å². The molecule has 3 rings (SSSR count). The van der Waals surface area contributed by atoms with Gasteiger partial charge >= 0.3 is 0 Å². The highest BCUT2D eigenvalue weighted by Crippen LogP contribution is 2.35. The second-order valence-electron chi connectivity index (χ2n) is 6.16. The van der Waals surface area contributed by atoms with Crippen LogP contribution in [0.15, 0.2) is 74.8 Å². The maximum atomic E-state index is 13.0. The van der Waals surface area contributed by atoms with E-state index in [0.717, 1.165) is 11.1 Å². The Bertz CT molecular complexity index is 1050. The third-order valence-electron chi connectivity index (χ3n) is 3.95. The third-order valence-corrected chi connectivity index (χ3v) is 5.12. The van der Waals surface area contributed by atoms with Crippen molar-refractivity contribution in [3.8, 4) is 5.75 Å². The molecule has 0 fully saturated rings. The van der Waals surface area contributed by atoms with Crippen molar-refractivity contribution in [2.24, 2.45) is 5.16 Å². The number of nitro groups is 1. The molecule has 0 atom stereocenters. The van der Waals surface area contributed by atoms with Gasteiger partial charge in [-0.3, -0.25) is 10.1 Å². The minimum atomic E-state index is -0.457. The summed E-state index contributed by atoms with van der Waals surface area (Å²) in [6.07, 6.45) is 1.52. The first-order valence-corrected chi connectivity index (χ1v) is 10.3. The van der Waals surface area contributed by atoms with Crippen molar-refractivity contribution in [3.05, 3.63) is 102 Å². The summed E-state index contributed by atoms with van der Waals surface area (Å²) in [6.45, 7) is 0.399. The Morgan fingerprint density at radius 1 is 1.00 bits per heavy atom. The number of non-ortho nitro benzene ring substituents is 1. The van der Waals surface area contributed by atoms with Crippen molar-refractivity contribution >= 4 is 43.8 Å². The van der Waals surface area contributed by atoms with Gasteiger partial charge in [0.15, 0.2) is 0 Å². The zero-order valence-corrected chi connectivity index (χ0v) is 18.6. The van der Waals surface area contributed by atoms with Crippen LogP contribution in [-0.4, -0.2) is 11.1 Å². The molecular formula is C21H15Br2FN2O4. The second kappa shape index (κ2) is 10.3. The highest BCUT2D eigenvalue weighted by atomic mass is 79.9. The molecule has 0 aliphatic rings. The monoisotopic (exact) mass is 536 g/mol. The van der Waals surface area contributed by atoms with E-state index in [-0.39, 0.29) is 24.7 Å². The summed E-state index contributed by atoms with van der Waals surface area (Å²) in [5.41, 5.74) is 2.25. The van der Waals surface area contributed by atoms with Crippen LogP contribution in [0.25, 0.3) is 0 Å². The zero-order valence-electron chi connectivity index (χ0n) is 15.4. The number of rotatable bonds is 8. The molecule has 6 nitrogen and oxygen atoms in total. The average Bonchev–Trinajstić information content (AvgIpc) is 2.72. The van der Waals surface area contributed by atoms with E-state index in [0.29, 0.717) is 20.3 Å². The molecule has 9 heteroatoms. The Hall–Kier alpha value is -2.78. The Kier molecular flexibility index (Phi) is 7.53. The van der Waals surface area contributed by atoms with E-state index in [1.54, 1.807) is 24.3 Å². The smallest absolute Gasteiger partial charge is 0.269 e. The van der Waals surface area contributed by atoms with E-state index in [1.807, 2.05) is 12.1 Å². The van der Waals surface area contributed by atoms with Gasteiger partial charge < -0.3 is 9.57 Å². The van der Waals surface area contributed by atoms with Crippen molar-refractivity contribution in [1.82, 2.24) is 0 Å². The molecular weight excluding hydrogens is 523 g/mol. The Morgan fingerprint density at radius 3 is 2.37 bits per heavy atom. The van der Waals surface area contributed by atoms with E-state index in [9.17, 15) is 14.5 Å². The number of benzene rings is 3. The van der Waals surface area contributed by atoms with Gasteiger partial charge in [-0.15, -0.1) is 0 Å². The molecule has 0 saturated carbocycles. The molecule has 0 aromatic heterocycles. The largest absolute Gasteiger partial charge is 0.487 e. The van der Waals surface area contributed by atoms with Crippen LogP contribution < -0.4 is 4.74 Å². The number of hydrogen-bond acceptors (Lipinski definition) is 5. The molecule has 0 bridgehead atoms. The van der Waals surface area contributed by atoms with Crippen LogP contribution in [0.1, 0.15) is 16.7 Å². The molecule has 0 N–H and O–H groups in total. The standard InChI is InChI=1S/C21H15Br2FN2O4/c22-19-9-16(11-25-30-13-15-2-1-3-18(8-15)26(27)28)10-20(23)21(19)29-12-14-4-6-17(24)7-5-14/h1-11H,12-13H2/b25-11-. The van der Waals surface area contributed by atoms with E-state index in [4.69, 9.17) is 9.57 Å². The second-order valence-corrected chi connectivity index (χ2v) is 7.87. The minimum Gasteiger partial charge on any atom is -0.487 e. The summed E-state index contributed by atoms with van der Waals surface area (Å²) in [4.78, 5) is 15.6. The third kappa shape index (κ3) is 6.11. The fourth-order valence-electron chi connectivity index (χ4n) is 2.50. The number of halogens is 3. The molecule has 0 saturated heterocycles. The minimum absolute atomic E-state index is 0.00386. The zero-order chi connectivity index (χ0) is 21.5. The first-order valence-electron chi connectivity index (χ1n) is 8.67. The van der Waals surface area contributed by atoms with Gasteiger partial charge in [0.1, 0.15) is 24.8 Å². The molecule has 0 aliphatic carbocycles. The molecule has 0 radical (unpaired) electrons. The summed E-state index contributed by atoms with van der Waals surface area (Å²) in [5.74, 6) is 0.312. The van der Waals surface area contributed by atoms with Gasteiger partial charge in [0.2, 0.25) is 0 Å². The maximum Gasteiger partial charge on any atom is 0.269 e. The predicted molar refractivity (Wildman–Crippen MR) is 118 cm³/mol. The SMILES string of the molecule is O=[N+]([O-])c1cccc(CO/N=C\c2cc(Br)c(OCc3ccc(F)cc3)c(Br)c2)c1. The van der Waals surface area contributed by atoms with E-state index >= 15 is 0 Å². The van der Waals surface area contributed by atoms with E-state index in [1.165, 1.54) is 30.5 Å². The molecule has 154 valence electrons. The van der Waals surface area contributed by atoms with Gasteiger partial charge in [-0.25, -0.2) is 4.39 Å². The molecule has 0 amide bonds. The Balaban J connectivity index is 1.59. The average molecular weight is 538 g/mol. The first-order chi connectivity index (χ1) is 14.4. The van der Waals surface area contributed by atoms with Gasteiger partial charge in [0.05, 0.1) is 20.1 Å². The highest BCUT2D eigenvalue weighted by Gasteiger charge is 2.09. The number of nitrogens with zero attached hydrogens (tertiary/aromatic N) is 2. The molecule has 0 heterocycles. The molecule has 0 unspecified atom stereocenters. The lowest BCUT2D eigenvalue weighted by Crippen LogP contribution is -1.98. The van der Waals surface area contributed by atoms with Gasteiger partial charge in [-0.2, -0.15) is 0 Å². The van der Waals surface area contributed by atoms with E-state index < -0.39 is 4.92 Å². The van der Waals surface area contributed by atoms with Crippen LogP contribution >= 0.6 is 31.9 Å². The van der Waals surface area contributed by atoms with E-state index in [2.05, 4.69) is 37.0 Å². The lowest BCUT2D eigenvalue weighted by Gasteiger charge is -2.11. The summed E-state index contributed by atoms with van der Waals surface area (Å²) < 4.78 is 20.2. The topological polar surface area (TPSA) is 74.0 Å².